The number of nitrogen functional groups attached to an aromatic ring is 1. The number of aromatic nitrogens is 2. The fourth-order valence-electron chi connectivity index (χ4n) is 3.80. The van der Waals surface area contributed by atoms with Crippen molar-refractivity contribution in [2.75, 3.05) is 61.0 Å². The van der Waals surface area contributed by atoms with Crippen molar-refractivity contribution in [2.24, 2.45) is 0 Å². The molecule has 0 bridgehead atoms. The minimum Gasteiger partial charge on any atom is -0.595 e. The minimum absolute atomic E-state index is 0.0311. The predicted molar refractivity (Wildman–Crippen MR) is 139 cm³/mol. The molecule has 4 rings (SSSR count). The number of nitrogens with two attached hydrogens (primary N) is 1. The van der Waals surface area contributed by atoms with Gasteiger partial charge in [0, 0.05) is 42.3 Å². The third-order valence-electron chi connectivity index (χ3n) is 5.60. The zero-order valence-corrected chi connectivity index (χ0v) is 20.7. The molecule has 0 aliphatic carbocycles. The monoisotopic (exact) mass is 542 g/mol. The summed E-state index contributed by atoms with van der Waals surface area (Å²) in [6, 6.07) is 14.6. The number of quaternary nitrogens is 1. The lowest BCUT2D eigenvalue weighted by Crippen LogP contribution is -2.99. The molecule has 0 saturated carbocycles. The van der Waals surface area contributed by atoms with Gasteiger partial charge >= 0.3 is 0 Å². The average molecular weight is 543 g/mol. The summed E-state index contributed by atoms with van der Waals surface area (Å²) in [5.74, 6) is 1.15. The van der Waals surface area contributed by atoms with Crippen LogP contribution in [0.25, 0.3) is 11.3 Å². The number of nitrogens with one attached hydrogen (secondary N) is 3. The van der Waals surface area contributed by atoms with Crippen LogP contribution in [-0.4, -0.2) is 65.8 Å². The third-order valence-corrected chi connectivity index (χ3v) is 6.29. The summed E-state index contributed by atoms with van der Waals surface area (Å²) in [6.45, 7) is 2.79. The van der Waals surface area contributed by atoms with Crippen molar-refractivity contribution in [1.29, 1.82) is 0 Å². The Bertz CT molecular complexity index is 1210. The van der Waals surface area contributed by atoms with Crippen molar-refractivity contribution in [1.82, 2.24) is 14.9 Å². The van der Waals surface area contributed by atoms with Crippen LogP contribution in [0.15, 0.2) is 53.0 Å². The number of amides is 1. The van der Waals surface area contributed by atoms with Gasteiger partial charge in [0.1, 0.15) is 11.6 Å². The van der Waals surface area contributed by atoms with Gasteiger partial charge in [0.2, 0.25) is 11.6 Å². The van der Waals surface area contributed by atoms with Crippen LogP contribution in [0, 0.1) is 5.21 Å². The van der Waals surface area contributed by atoms with Crippen LogP contribution < -0.4 is 26.5 Å². The topological polar surface area (TPSA) is 147 Å². The van der Waals surface area contributed by atoms with Crippen molar-refractivity contribution in [3.8, 4) is 11.3 Å². The largest absolute Gasteiger partial charge is 0.595 e. The van der Waals surface area contributed by atoms with Gasteiger partial charge in [0.25, 0.3) is 0 Å². The molecule has 3 aromatic rings. The number of nitrogens with zero attached hydrogens (tertiary/aromatic N) is 4. The first-order chi connectivity index (χ1) is 16.8. The summed E-state index contributed by atoms with van der Waals surface area (Å²) >= 11 is 3.61. The molecule has 12 heteroatoms. The van der Waals surface area contributed by atoms with E-state index in [9.17, 15) is 10.0 Å². The Morgan fingerprint density at radius 3 is 2.43 bits per heavy atom. The predicted octanol–water partition coefficient (Wildman–Crippen LogP) is 1.69. The quantitative estimate of drug-likeness (QED) is 0.212. The summed E-state index contributed by atoms with van der Waals surface area (Å²) in [5, 5.41) is 25.4. The van der Waals surface area contributed by atoms with Gasteiger partial charge in [-0.25, -0.2) is 15.2 Å². The highest BCUT2D eigenvalue weighted by molar-refractivity contribution is 9.10. The molecule has 11 nitrogen and oxygen atoms in total. The summed E-state index contributed by atoms with van der Waals surface area (Å²) < 4.78 is 0.891. The number of anilines is 4. The van der Waals surface area contributed by atoms with Crippen LogP contribution in [-0.2, 0) is 4.79 Å². The van der Waals surface area contributed by atoms with Crippen molar-refractivity contribution < 1.29 is 15.2 Å². The molecule has 3 heterocycles. The van der Waals surface area contributed by atoms with E-state index >= 15 is 0 Å². The first kappa shape index (κ1) is 24.8. The number of hydrogen-bond donors (Lipinski definition) is 5. The summed E-state index contributed by atoms with van der Waals surface area (Å²) in [4.78, 5) is 25.5. The molecule has 1 unspecified atom stereocenters. The Kier molecular flexibility index (Phi) is 7.78. The van der Waals surface area contributed by atoms with Gasteiger partial charge in [-0.15, -0.1) is 0 Å². The van der Waals surface area contributed by atoms with Gasteiger partial charge in [-0.05, 0) is 31.3 Å². The lowest BCUT2D eigenvalue weighted by atomic mass is 10.1. The van der Waals surface area contributed by atoms with Gasteiger partial charge in [-0.2, -0.15) is 5.23 Å². The van der Waals surface area contributed by atoms with Gasteiger partial charge in [-0.3, -0.25) is 9.69 Å². The van der Waals surface area contributed by atoms with E-state index in [1.807, 2.05) is 48.3 Å². The highest BCUT2D eigenvalue weighted by atomic mass is 79.9. The van der Waals surface area contributed by atoms with E-state index in [2.05, 4.69) is 31.5 Å². The van der Waals surface area contributed by atoms with Crippen molar-refractivity contribution >= 4 is 50.7 Å². The van der Waals surface area contributed by atoms with E-state index in [-0.39, 0.29) is 17.4 Å². The highest BCUT2D eigenvalue weighted by Crippen LogP contribution is 2.35. The van der Waals surface area contributed by atoms with Crippen LogP contribution in [0.4, 0.5) is 28.8 Å². The van der Waals surface area contributed by atoms with Crippen LogP contribution in [0.1, 0.15) is 0 Å². The number of benzene rings is 1. The molecule has 1 atom stereocenters. The fourth-order valence-corrected chi connectivity index (χ4v) is 4.27. The molecule has 1 saturated heterocycles. The molecular formula is C23H27BrN8O3. The Labute approximate surface area is 211 Å². The minimum atomic E-state index is -1.11. The number of pyridine rings is 2. The second-order valence-electron chi connectivity index (χ2n) is 8.12. The van der Waals surface area contributed by atoms with Crippen LogP contribution in [0.3, 0.4) is 0 Å². The molecule has 1 aliphatic heterocycles. The smallest absolute Gasteiger partial charge is 0.241 e. The van der Waals surface area contributed by atoms with Crippen LogP contribution in [0.5, 0.6) is 0 Å². The lowest BCUT2D eigenvalue weighted by molar-refractivity contribution is -0.990. The van der Waals surface area contributed by atoms with E-state index in [0.29, 0.717) is 43.5 Å². The summed E-state index contributed by atoms with van der Waals surface area (Å²) in [5.41, 5.74) is 8.06. The zero-order chi connectivity index (χ0) is 24.9. The van der Waals surface area contributed by atoms with Gasteiger partial charge < -0.3 is 26.5 Å². The zero-order valence-electron chi connectivity index (χ0n) is 19.2. The molecule has 2 aromatic heterocycles. The van der Waals surface area contributed by atoms with Gasteiger partial charge in [0.15, 0.2) is 5.82 Å². The lowest BCUT2D eigenvalue weighted by Gasteiger charge is -2.33. The molecule has 1 aliphatic rings. The maximum absolute atomic E-state index is 12.8. The second-order valence-corrected chi connectivity index (χ2v) is 8.97. The number of likely N-dealkylation sites (N-methyl/N-ethyl adjacent to an activating group) is 1. The summed E-state index contributed by atoms with van der Waals surface area (Å²) in [6.07, 6.45) is 0. The standard InChI is InChI=1S/C23H27BrN8O3/c1-30-12-13-31(21(33)14-30)17-6-8-19(28-22(17)15-4-2-3-5-16(15)24)26-10-11-27-20-9-7-18(32(34)35)23(25)29-20/h2-9,32,34H,10-14H2,1H3,(H,26,28)(H3,25,27,29). The van der Waals surface area contributed by atoms with E-state index in [1.54, 1.807) is 11.0 Å². The van der Waals surface area contributed by atoms with E-state index in [4.69, 9.17) is 15.9 Å². The van der Waals surface area contributed by atoms with E-state index in [1.165, 1.54) is 6.07 Å². The number of halogens is 1. The Morgan fingerprint density at radius 1 is 1.09 bits per heavy atom. The number of piperazine rings is 1. The first-order valence-corrected chi connectivity index (χ1v) is 11.8. The Hall–Kier alpha value is -3.29. The average Bonchev–Trinajstić information content (AvgIpc) is 2.82. The molecular weight excluding hydrogens is 516 g/mol. The number of hydrogen-bond acceptors (Lipinski definition) is 9. The molecule has 6 N–H and O–H groups in total. The maximum Gasteiger partial charge on any atom is 0.241 e. The first-order valence-electron chi connectivity index (χ1n) is 11.1. The fraction of sp³-hybridized carbons (Fsp3) is 0.261. The third kappa shape index (κ3) is 5.86. The normalized spacial score (nSPS) is 15.2. The van der Waals surface area contributed by atoms with Crippen molar-refractivity contribution in [2.45, 2.75) is 0 Å². The SMILES string of the molecule is CN1CCN(c2ccc(NCCNc3ccc([NH+]([O-])O)c(N)n3)nc2-c2ccccc2Br)C(=O)C1. The van der Waals surface area contributed by atoms with Gasteiger partial charge in [0.05, 0.1) is 17.9 Å². The van der Waals surface area contributed by atoms with Crippen LogP contribution >= 0.6 is 15.9 Å². The molecule has 35 heavy (non-hydrogen) atoms. The maximum atomic E-state index is 12.8. The molecule has 0 radical (unpaired) electrons. The second kappa shape index (κ2) is 11.0. The molecule has 184 valence electrons. The number of carbonyl (C=O) groups excluding carboxylic acids is 1. The molecule has 1 amide bonds. The van der Waals surface area contributed by atoms with Crippen molar-refractivity contribution in [3.63, 3.8) is 0 Å². The Balaban J connectivity index is 1.49. The number of carbonyl (C=O) groups is 1. The van der Waals surface area contributed by atoms with E-state index < -0.39 is 5.23 Å². The van der Waals surface area contributed by atoms with E-state index in [0.717, 1.165) is 22.3 Å². The molecule has 1 aromatic carbocycles. The number of rotatable bonds is 8. The van der Waals surface area contributed by atoms with Crippen LogP contribution in [0.2, 0.25) is 0 Å². The van der Waals surface area contributed by atoms with Crippen molar-refractivity contribution in [3.05, 3.63) is 58.2 Å². The molecule has 1 fully saturated rings. The summed E-state index contributed by atoms with van der Waals surface area (Å²) in [7, 11) is 1.94. The molecule has 0 spiro atoms. The highest BCUT2D eigenvalue weighted by Gasteiger charge is 2.26. The van der Waals surface area contributed by atoms with Gasteiger partial charge in [-0.1, -0.05) is 34.1 Å². The Morgan fingerprint density at radius 2 is 1.77 bits per heavy atom.